The topological polar surface area (TPSA) is 38.5 Å². The summed E-state index contributed by atoms with van der Waals surface area (Å²) in [4.78, 5) is 2.34. The molecule has 0 saturated carbocycles. The van der Waals surface area contributed by atoms with Gasteiger partial charge in [0.2, 0.25) is 0 Å². The molecule has 14 heavy (non-hydrogen) atoms. The summed E-state index contributed by atoms with van der Waals surface area (Å²) in [6.45, 7) is 4.30. The SMILES string of the molecule is CCN1CCc2cc(N)c(OC)cc21. The average molecular weight is 192 g/mol. The highest BCUT2D eigenvalue weighted by molar-refractivity contribution is 5.69. The van der Waals surface area contributed by atoms with Crippen LogP contribution in [-0.2, 0) is 6.42 Å². The van der Waals surface area contributed by atoms with Gasteiger partial charge in [0.1, 0.15) is 5.75 Å². The molecule has 1 heterocycles. The first kappa shape index (κ1) is 9.19. The van der Waals surface area contributed by atoms with Crippen LogP contribution in [0.3, 0.4) is 0 Å². The molecule has 0 radical (unpaired) electrons. The van der Waals surface area contributed by atoms with Crippen molar-refractivity contribution in [3.8, 4) is 5.75 Å². The Kier molecular flexibility index (Phi) is 2.23. The molecule has 0 atom stereocenters. The average Bonchev–Trinajstić information content (AvgIpc) is 2.58. The molecule has 1 aromatic carbocycles. The van der Waals surface area contributed by atoms with Crippen molar-refractivity contribution in [2.24, 2.45) is 0 Å². The third kappa shape index (κ3) is 1.29. The van der Waals surface area contributed by atoms with Crippen LogP contribution >= 0.6 is 0 Å². The minimum Gasteiger partial charge on any atom is -0.495 e. The number of hydrogen-bond acceptors (Lipinski definition) is 3. The number of ether oxygens (including phenoxy) is 1. The number of anilines is 2. The van der Waals surface area contributed by atoms with E-state index in [9.17, 15) is 0 Å². The predicted molar refractivity (Wildman–Crippen MR) is 59.0 cm³/mol. The zero-order chi connectivity index (χ0) is 10.1. The van der Waals surface area contributed by atoms with E-state index in [4.69, 9.17) is 10.5 Å². The summed E-state index contributed by atoms with van der Waals surface area (Å²) in [7, 11) is 1.66. The van der Waals surface area contributed by atoms with Gasteiger partial charge < -0.3 is 15.4 Å². The van der Waals surface area contributed by atoms with Crippen molar-refractivity contribution < 1.29 is 4.74 Å². The molecule has 0 fully saturated rings. The van der Waals surface area contributed by atoms with Gasteiger partial charge in [-0.05, 0) is 25.0 Å². The summed E-state index contributed by atoms with van der Waals surface area (Å²) >= 11 is 0. The Balaban J connectivity index is 2.45. The number of benzene rings is 1. The van der Waals surface area contributed by atoms with E-state index >= 15 is 0 Å². The van der Waals surface area contributed by atoms with Crippen molar-refractivity contribution in [2.75, 3.05) is 30.8 Å². The van der Waals surface area contributed by atoms with Crippen LogP contribution in [-0.4, -0.2) is 20.2 Å². The van der Waals surface area contributed by atoms with Crippen LogP contribution < -0.4 is 15.4 Å². The van der Waals surface area contributed by atoms with Crippen molar-refractivity contribution in [3.05, 3.63) is 17.7 Å². The van der Waals surface area contributed by atoms with Gasteiger partial charge in [0.25, 0.3) is 0 Å². The van der Waals surface area contributed by atoms with Crippen LogP contribution in [0.5, 0.6) is 5.75 Å². The number of nitrogens with two attached hydrogens (primary N) is 1. The summed E-state index contributed by atoms with van der Waals surface area (Å²) in [5, 5.41) is 0. The molecule has 0 bridgehead atoms. The highest BCUT2D eigenvalue weighted by Gasteiger charge is 2.19. The van der Waals surface area contributed by atoms with E-state index in [0.29, 0.717) is 0 Å². The van der Waals surface area contributed by atoms with Crippen LogP contribution in [0.2, 0.25) is 0 Å². The molecule has 2 rings (SSSR count). The number of methoxy groups -OCH3 is 1. The molecule has 0 aromatic heterocycles. The fourth-order valence-corrected chi connectivity index (χ4v) is 2.01. The Morgan fingerprint density at radius 3 is 2.93 bits per heavy atom. The summed E-state index contributed by atoms with van der Waals surface area (Å²) in [6, 6.07) is 4.07. The number of nitrogen functional groups attached to an aromatic ring is 1. The van der Waals surface area contributed by atoms with E-state index in [1.807, 2.05) is 12.1 Å². The Bertz CT molecular complexity index is 349. The first-order valence-corrected chi connectivity index (χ1v) is 4.97. The first-order valence-electron chi connectivity index (χ1n) is 4.97. The lowest BCUT2D eigenvalue weighted by Crippen LogP contribution is -2.19. The second-order valence-corrected chi connectivity index (χ2v) is 3.55. The number of fused-ring (bicyclic) bond motifs is 1. The largest absolute Gasteiger partial charge is 0.495 e. The molecular weight excluding hydrogens is 176 g/mol. The minimum atomic E-state index is 0.740. The first-order chi connectivity index (χ1) is 6.76. The van der Waals surface area contributed by atoms with Crippen molar-refractivity contribution >= 4 is 11.4 Å². The van der Waals surface area contributed by atoms with Crippen molar-refractivity contribution in [1.29, 1.82) is 0 Å². The van der Waals surface area contributed by atoms with Crippen LogP contribution in [0, 0.1) is 0 Å². The molecule has 1 aromatic rings. The third-order valence-electron chi connectivity index (χ3n) is 2.80. The van der Waals surface area contributed by atoms with E-state index in [0.717, 1.165) is 30.9 Å². The van der Waals surface area contributed by atoms with E-state index in [1.165, 1.54) is 11.3 Å². The Hall–Kier alpha value is -1.38. The molecule has 2 N–H and O–H groups in total. The quantitative estimate of drug-likeness (QED) is 0.724. The van der Waals surface area contributed by atoms with E-state index < -0.39 is 0 Å². The van der Waals surface area contributed by atoms with Gasteiger partial charge in [-0.25, -0.2) is 0 Å². The minimum absolute atomic E-state index is 0.740. The molecule has 3 heteroatoms. The zero-order valence-electron chi connectivity index (χ0n) is 8.71. The Morgan fingerprint density at radius 1 is 1.50 bits per heavy atom. The fourth-order valence-electron chi connectivity index (χ4n) is 2.01. The number of likely N-dealkylation sites (N-methyl/N-ethyl adjacent to an activating group) is 1. The van der Waals surface area contributed by atoms with E-state index in [-0.39, 0.29) is 0 Å². The fraction of sp³-hybridized carbons (Fsp3) is 0.455. The standard InChI is InChI=1S/C11H16N2O/c1-3-13-5-4-8-6-9(12)11(14-2)7-10(8)13/h6-7H,3-5,12H2,1-2H3. The molecule has 0 unspecified atom stereocenters. The number of nitrogens with zero attached hydrogens (tertiary/aromatic N) is 1. The van der Waals surface area contributed by atoms with Gasteiger partial charge in [0.15, 0.2) is 0 Å². The number of rotatable bonds is 2. The summed E-state index contributed by atoms with van der Waals surface area (Å²) in [6.07, 6.45) is 1.09. The van der Waals surface area contributed by atoms with Crippen molar-refractivity contribution in [3.63, 3.8) is 0 Å². The van der Waals surface area contributed by atoms with Gasteiger partial charge in [0, 0.05) is 24.8 Å². The smallest absolute Gasteiger partial charge is 0.143 e. The molecule has 1 aliphatic rings. The van der Waals surface area contributed by atoms with Crippen LogP contribution in [0.4, 0.5) is 11.4 Å². The van der Waals surface area contributed by atoms with Crippen molar-refractivity contribution in [2.45, 2.75) is 13.3 Å². The van der Waals surface area contributed by atoms with Gasteiger partial charge in [0.05, 0.1) is 12.8 Å². The second-order valence-electron chi connectivity index (χ2n) is 3.55. The highest BCUT2D eigenvalue weighted by Crippen LogP contribution is 2.35. The Labute approximate surface area is 84.5 Å². The van der Waals surface area contributed by atoms with Gasteiger partial charge in [-0.3, -0.25) is 0 Å². The Morgan fingerprint density at radius 2 is 2.29 bits per heavy atom. The summed E-state index contributed by atoms with van der Waals surface area (Å²) < 4.78 is 5.21. The van der Waals surface area contributed by atoms with Crippen LogP contribution in [0.1, 0.15) is 12.5 Å². The highest BCUT2D eigenvalue weighted by atomic mass is 16.5. The lowest BCUT2D eigenvalue weighted by Gasteiger charge is -2.17. The molecular formula is C11H16N2O. The van der Waals surface area contributed by atoms with Gasteiger partial charge in [-0.15, -0.1) is 0 Å². The summed E-state index contributed by atoms with van der Waals surface area (Å²) in [5.74, 6) is 0.782. The molecule has 76 valence electrons. The monoisotopic (exact) mass is 192 g/mol. The van der Waals surface area contributed by atoms with E-state index in [2.05, 4.69) is 11.8 Å². The predicted octanol–water partition coefficient (Wildman–Crippen LogP) is 1.66. The third-order valence-corrected chi connectivity index (χ3v) is 2.80. The second kappa shape index (κ2) is 3.40. The van der Waals surface area contributed by atoms with Gasteiger partial charge in [-0.1, -0.05) is 0 Å². The van der Waals surface area contributed by atoms with E-state index in [1.54, 1.807) is 7.11 Å². The lowest BCUT2D eigenvalue weighted by atomic mass is 10.1. The van der Waals surface area contributed by atoms with Crippen LogP contribution in [0.15, 0.2) is 12.1 Å². The maximum absolute atomic E-state index is 5.85. The molecule has 3 nitrogen and oxygen atoms in total. The molecule has 0 amide bonds. The maximum Gasteiger partial charge on any atom is 0.143 e. The summed E-state index contributed by atoms with van der Waals surface area (Å²) in [5.41, 5.74) is 9.20. The zero-order valence-corrected chi connectivity index (χ0v) is 8.71. The lowest BCUT2D eigenvalue weighted by molar-refractivity contribution is 0.417. The molecule has 1 aliphatic heterocycles. The maximum atomic E-state index is 5.85. The van der Waals surface area contributed by atoms with Crippen LogP contribution in [0.25, 0.3) is 0 Å². The normalized spacial score (nSPS) is 14.3. The number of hydrogen-bond donors (Lipinski definition) is 1. The molecule has 0 aliphatic carbocycles. The van der Waals surface area contributed by atoms with Gasteiger partial charge in [-0.2, -0.15) is 0 Å². The molecule has 0 spiro atoms. The van der Waals surface area contributed by atoms with Crippen molar-refractivity contribution in [1.82, 2.24) is 0 Å². The van der Waals surface area contributed by atoms with Gasteiger partial charge >= 0.3 is 0 Å². The molecule has 0 saturated heterocycles.